The second-order valence-electron chi connectivity index (χ2n) is 4.09. The van der Waals surface area contributed by atoms with Gasteiger partial charge in [0.15, 0.2) is 0 Å². The van der Waals surface area contributed by atoms with Crippen molar-refractivity contribution in [2.75, 3.05) is 25.2 Å². The summed E-state index contributed by atoms with van der Waals surface area (Å²) in [6.45, 7) is 1.21. The number of ether oxygens (including phenoxy) is 1. The van der Waals surface area contributed by atoms with Gasteiger partial charge < -0.3 is 9.64 Å². The number of hydrogen-bond acceptors (Lipinski definition) is 2. The predicted molar refractivity (Wildman–Crippen MR) is 63.4 cm³/mol. The van der Waals surface area contributed by atoms with Gasteiger partial charge in [-0.05, 0) is 25.0 Å². The van der Waals surface area contributed by atoms with Crippen LogP contribution in [-0.2, 0) is 9.53 Å². The van der Waals surface area contributed by atoms with Crippen molar-refractivity contribution in [3.8, 4) is 0 Å². The first kappa shape index (κ1) is 11.1. The standard InChI is InChI=1S/C13H17NO2/c1-16-10-9-14(13(15)11-7-8-11)12-5-3-2-4-6-12/h2-6,11H,7-10H2,1H3. The van der Waals surface area contributed by atoms with Gasteiger partial charge in [-0.3, -0.25) is 4.79 Å². The topological polar surface area (TPSA) is 29.5 Å². The Morgan fingerprint density at radius 3 is 2.62 bits per heavy atom. The molecular weight excluding hydrogens is 202 g/mol. The lowest BCUT2D eigenvalue weighted by Crippen LogP contribution is -2.34. The third kappa shape index (κ3) is 2.61. The van der Waals surface area contributed by atoms with Gasteiger partial charge in [-0.25, -0.2) is 0 Å². The van der Waals surface area contributed by atoms with Crippen LogP contribution in [0.2, 0.25) is 0 Å². The number of amides is 1. The fraction of sp³-hybridized carbons (Fsp3) is 0.462. The molecule has 0 saturated heterocycles. The van der Waals surface area contributed by atoms with Crippen molar-refractivity contribution in [2.45, 2.75) is 12.8 Å². The van der Waals surface area contributed by atoms with Gasteiger partial charge in [-0.2, -0.15) is 0 Å². The summed E-state index contributed by atoms with van der Waals surface area (Å²) in [4.78, 5) is 13.9. The molecule has 1 fully saturated rings. The van der Waals surface area contributed by atoms with Crippen LogP contribution in [0.5, 0.6) is 0 Å². The summed E-state index contributed by atoms with van der Waals surface area (Å²) in [7, 11) is 1.66. The molecule has 3 heteroatoms. The number of benzene rings is 1. The van der Waals surface area contributed by atoms with Gasteiger partial charge in [-0.1, -0.05) is 18.2 Å². The molecule has 0 heterocycles. The highest BCUT2D eigenvalue weighted by Crippen LogP contribution is 2.32. The first-order valence-corrected chi connectivity index (χ1v) is 5.68. The second kappa shape index (κ2) is 5.12. The summed E-state index contributed by atoms with van der Waals surface area (Å²) in [5.74, 6) is 0.486. The summed E-state index contributed by atoms with van der Waals surface area (Å²) in [6, 6.07) is 9.80. The number of methoxy groups -OCH3 is 1. The minimum Gasteiger partial charge on any atom is -0.383 e. The first-order valence-electron chi connectivity index (χ1n) is 5.68. The molecule has 1 aliphatic carbocycles. The third-order valence-electron chi connectivity index (χ3n) is 2.78. The van der Waals surface area contributed by atoms with Crippen LogP contribution < -0.4 is 4.90 Å². The van der Waals surface area contributed by atoms with Crippen molar-refractivity contribution in [2.24, 2.45) is 5.92 Å². The Bertz CT molecular complexity index is 346. The minimum atomic E-state index is 0.239. The number of rotatable bonds is 5. The zero-order valence-electron chi connectivity index (χ0n) is 9.56. The van der Waals surface area contributed by atoms with Crippen molar-refractivity contribution in [1.29, 1.82) is 0 Å². The smallest absolute Gasteiger partial charge is 0.230 e. The minimum absolute atomic E-state index is 0.239. The Morgan fingerprint density at radius 2 is 2.06 bits per heavy atom. The van der Waals surface area contributed by atoms with E-state index >= 15 is 0 Å². The largest absolute Gasteiger partial charge is 0.383 e. The van der Waals surface area contributed by atoms with Crippen LogP contribution in [0.25, 0.3) is 0 Å². The van der Waals surface area contributed by atoms with E-state index in [4.69, 9.17) is 4.74 Å². The molecule has 0 spiro atoms. The molecule has 1 amide bonds. The maximum atomic E-state index is 12.1. The van der Waals surface area contributed by atoms with Crippen molar-refractivity contribution in [3.05, 3.63) is 30.3 Å². The van der Waals surface area contributed by atoms with E-state index in [9.17, 15) is 4.79 Å². The van der Waals surface area contributed by atoms with Crippen LogP contribution in [0, 0.1) is 5.92 Å². The van der Waals surface area contributed by atoms with E-state index < -0.39 is 0 Å². The van der Waals surface area contributed by atoms with Gasteiger partial charge in [0.05, 0.1) is 6.61 Å². The number of carbonyl (C=O) groups excluding carboxylic acids is 1. The molecule has 0 atom stereocenters. The van der Waals surface area contributed by atoms with Gasteiger partial charge in [-0.15, -0.1) is 0 Å². The van der Waals surface area contributed by atoms with Crippen LogP contribution in [0.4, 0.5) is 5.69 Å². The number of para-hydroxylation sites is 1. The fourth-order valence-electron chi connectivity index (χ4n) is 1.71. The fourth-order valence-corrected chi connectivity index (χ4v) is 1.71. The summed E-state index contributed by atoms with van der Waals surface area (Å²) in [6.07, 6.45) is 2.07. The highest BCUT2D eigenvalue weighted by Gasteiger charge is 2.33. The van der Waals surface area contributed by atoms with Gasteiger partial charge in [0, 0.05) is 25.3 Å². The number of nitrogens with zero attached hydrogens (tertiary/aromatic N) is 1. The molecule has 0 aromatic heterocycles. The van der Waals surface area contributed by atoms with E-state index in [-0.39, 0.29) is 11.8 Å². The van der Waals surface area contributed by atoms with E-state index in [0.717, 1.165) is 18.5 Å². The van der Waals surface area contributed by atoms with Crippen molar-refractivity contribution in [1.82, 2.24) is 0 Å². The van der Waals surface area contributed by atoms with Gasteiger partial charge in [0.25, 0.3) is 0 Å². The quantitative estimate of drug-likeness (QED) is 0.758. The highest BCUT2D eigenvalue weighted by molar-refractivity contribution is 5.96. The zero-order chi connectivity index (χ0) is 11.4. The molecule has 0 unspecified atom stereocenters. The van der Waals surface area contributed by atoms with E-state index in [1.165, 1.54) is 0 Å². The Balaban J connectivity index is 2.10. The Morgan fingerprint density at radius 1 is 1.38 bits per heavy atom. The molecule has 16 heavy (non-hydrogen) atoms. The van der Waals surface area contributed by atoms with Gasteiger partial charge in [0.2, 0.25) is 5.91 Å². The molecule has 0 aliphatic heterocycles. The van der Waals surface area contributed by atoms with Gasteiger partial charge in [0.1, 0.15) is 0 Å². The van der Waals surface area contributed by atoms with E-state index in [2.05, 4.69) is 0 Å². The molecule has 0 N–H and O–H groups in total. The lowest BCUT2D eigenvalue weighted by Gasteiger charge is -2.22. The van der Waals surface area contributed by atoms with Crippen LogP contribution in [-0.4, -0.2) is 26.2 Å². The SMILES string of the molecule is COCCN(C(=O)C1CC1)c1ccccc1. The highest BCUT2D eigenvalue weighted by atomic mass is 16.5. The summed E-state index contributed by atoms with van der Waals surface area (Å²) < 4.78 is 5.05. The van der Waals surface area contributed by atoms with Gasteiger partial charge >= 0.3 is 0 Å². The van der Waals surface area contributed by atoms with Crippen molar-refractivity contribution >= 4 is 11.6 Å². The second-order valence-corrected chi connectivity index (χ2v) is 4.09. The number of carbonyl (C=O) groups is 1. The lowest BCUT2D eigenvalue weighted by molar-refractivity contribution is -0.119. The molecule has 1 aliphatic rings. The first-order chi connectivity index (χ1) is 7.83. The Hall–Kier alpha value is -1.35. The summed E-state index contributed by atoms with van der Waals surface area (Å²) >= 11 is 0. The molecule has 1 saturated carbocycles. The van der Waals surface area contributed by atoms with Crippen molar-refractivity contribution < 1.29 is 9.53 Å². The monoisotopic (exact) mass is 219 g/mol. The maximum Gasteiger partial charge on any atom is 0.230 e. The molecule has 2 rings (SSSR count). The molecule has 1 aromatic carbocycles. The normalized spacial score (nSPS) is 14.8. The number of anilines is 1. The van der Waals surface area contributed by atoms with Crippen LogP contribution in [0.1, 0.15) is 12.8 Å². The maximum absolute atomic E-state index is 12.1. The van der Waals surface area contributed by atoms with Crippen LogP contribution in [0.3, 0.4) is 0 Å². The molecule has 3 nitrogen and oxygen atoms in total. The van der Waals surface area contributed by atoms with Crippen molar-refractivity contribution in [3.63, 3.8) is 0 Å². The average Bonchev–Trinajstić information content (AvgIpc) is 3.14. The summed E-state index contributed by atoms with van der Waals surface area (Å²) in [5, 5.41) is 0. The third-order valence-corrected chi connectivity index (χ3v) is 2.78. The Labute approximate surface area is 96.0 Å². The number of hydrogen-bond donors (Lipinski definition) is 0. The molecule has 86 valence electrons. The predicted octanol–water partition coefficient (Wildman–Crippen LogP) is 2.08. The van der Waals surface area contributed by atoms with E-state index in [1.807, 2.05) is 35.2 Å². The average molecular weight is 219 g/mol. The molecular formula is C13H17NO2. The molecule has 1 aromatic rings. The zero-order valence-corrected chi connectivity index (χ0v) is 9.56. The van der Waals surface area contributed by atoms with Crippen LogP contribution >= 0.6 is 0 Å². The lowest BCUT2D eigenvalue weighted by atomic mass is 10.2. The molecule has 0 bridgehead atoms. The van der Waals surface area contributed by atoms with E-state index in [0.29, 0.717) is 13.2 Å². The Kier molecular flexibility index (Phi) is 3.57. The van der Waals surface area contributed by atoms with E-state index in [1.54, 1.807) is 7.11 Å². The van der Waals surface area contributed by atoms with Crippen LogP contribution in [0.15, 0.2) is 30.3 Å². The molecule has 0 radical (unpaired) electrons. The summed E-state index contributed by atoms with van der Waals surface area (Å²) in [5.41, 5.74) is 0.969.